The molecule has 0 spiro atoms. The number of methoxy groups -OCH3 is 1. The minimum atomic E-state index is -0.403. The molecule has 0 aliphatic carbocycles. The van der Waals surface area contributed by atoms with E-state index in [9.17, 15) is 4.79 Å². The van der Waals surface area contributed by atoms with E-state index < -0.39 is 5.97 Å². The van der Waals surface area contributed by atoms with Crippen molar-refractivity contribution in [1.82, 2.24) is 9.97 Å². The van der Waals surface area contributed by atoms with Crippen molar-refractivity contribution in [3.63, 3.8) is 0 Å². The van der Waals surface area contributed by atoms with Gasteiger partial charge in [-0.1, -0.05) is 0 Å². The van der Waals surface area contributed by atoms with Crippen LogP contribution in [0.3, 0.4) is 0 Å². The zero-order chi connectivity index (χ0) is 12.1. The van der Waals surface area contributed by atoms with Gasteiger partial charge in [0.1, 0.15) is 16.4 Å². The van der Waals surface area contributed by atoms with Crippen molar-refractivity contribution in [3.05, 3.63) is 40.5 Å². The van der Waals surface area contributed by atoms with Gasteiger partial charge in [0, 0.05) is 17.8 Å². The molecule has 0 aliphatic rings. The lowest BCUT2D eigenvalue weighted by Crippen LogP contribution is -2.09. The summed E-state index contributed by atoms with van der Waals surface area (Å²) in [6.45, 7) is 0.540. The molecule has 0 radical (unpaired) electrons. The largest absolute Gasteiger partial charge is 0.465 e. The number of aromatic nitrogens is 2. The Morgan fingerprint density at radius 2 is 2.35 bits per heavy atom. The summed E-state index contributed by atoms with van der Waals surface area (Å²) in [6.07, 6.45) is 3.36. The molecule has 0 bridgehead atoms. The summed E-state index contributed by atoms with van der Waals surface area (Å²) in [6, 6.07) is 3.36. The van der Waals surface area contributed by atoms with Crippen LogP contribution in [0.4, 0.5) is 5.82 Å². The number of hydrogen-bond donors (Lipinski definition) is 1. The second-order valence-electron chi connectivity index (χ2n) is 3.17. The molecule has 17 heavy (non-hydrogen) atoms. The lowest BCUT2D eigenvalue weighted by Gasteiger charge is -2.07. The number of esters is 1. The first kappa shape index (κ1) is 11.5. The molecule has 2 rings (SSSR count). The molecule has 0 saturated carbocycles. The van der Waals surface area contributed by atoms with E-state index in [4.69, 9.17) is 0 Å². The number of thiazole rings is 1. The highest BCUT2D eigenvalue weighted by Gasteiger charge is 2.12. The lowest BCUT2D eigenvalue weighted by atomic mass is 10.2. The first-order valence-corrected chi connectivity index (χ1v) is 5.85. The number of nitrogens with one attached hydrogen (secondary N) is 1. The summed E-state index contributed by atoms with van der Waals surface area (Å²) in [5, 5.41) is 5.90. The SMILES string of the molecule is COC(=O)c1cccnc1NCc1nccs1. The van der Waals surface area contributed by atoms with Crippen molar-refractivity contribution in [2.75, 3.05) is 12.4 Å². The third-order valence-corrected chi connectivity index (χ3v) is 2.88. The Labute approximate surface area is 102 Å². The number of carbonyl (C=O) groups excluding carboxylic acids is 1. The van der Waals surface area contributed by atoms with Crippen LogP contribution in [0.1, 0.15) is 15.4 Å². The summed E-state index contributed by atoms with van der Waals surface area (Å²) in [5.74, 6) is 0.106. The molecule has 0 atom stereocenters. The zero-order valence-electron chi connectivity index (χ0n) is 9.21. The quantitative estimate of drug-likeness (QED) is 0.839. The first-order chi connectivity index (χ1) is 8.31. The Balaban J connectivity index is 2.12. The maximum absolute atomic E-state index is 11.5. The van der Waals surface area contributed by atoms with Crippen molar-refractivity contribution in [2.45, 2.75) is 6.54 Å². The summed E-state index contributed by atoms with van der Waals surface area (Å²) < 4.78 is 4.68. The maximum Gasteiger partial charge on any atom is 0.341 e. The molecule has 5 nitrogen and oxygen atoms in total. The standard InChI is InChI=1S/C11H11N3O2S/c1-16-11(15)8-3-2-4-13-10(8)14-7-9-12-5-6-17-9/h2-6H,7H2,1H3,(H,13,14). The molecule has 88 valence electrons. The maximum atomic E-state index is 11.5. The van der Waals surface area contributed by atoms with E-state index in [-0.39, 0.29) is 0 Å². The molecule has 2 heterocycles. The number of hydrogen-bond acceptors (Lipinski definition) is 6. The van der Waals surface area contributed by atoms with Gasteiger partial charge in [-0.05, 0) is 12.1 Å². The number of ether oxygens (including phenoxy) is 1. The van der Waals surface area contributed by atoms with Gasteiger partial charge < -0.3 is 10.1 Å². The van der Waals surface area contributed by atoms with Crippen LogP contribution >= 0.6 is 11.3 Å². The lowest BCUT2D eigenvalue weighted by molar-refractivity contribution is 0.0601. The monoisotopic (exact) mass is 249 g/mol. The van der Waals surface area contributed by atoms with Crippen LogP contribution < -0.4 is 5.32 Å². The van der Waals surface area contributed by atoms with Crippen LogP contribution in [-0.2, 0) is 11.3 Å². The Kier molecular flexibility index (Phi) is 3.66. The van der Waals surface area contributed by atoms with Gasteiger partial charge in [-0.3, -0.25) is 0 Å². The van der Waals surface area contributed by atoms with E-state index in [0.29, 0.717) is 17.9 Å². The number of anilines is 1. The summed E-state index contributed by atoms with van der Waals surface area (Å²) in [7, 11) is 1.35. The summed E-state index contributed by atoms with van der Waals surface area (Å²) >= 11 is 1.54. The van der Waals surface area contributed by atoms with Crippen molar-refractivity contribution in [3.8, 4) is 0 Å². The van der Waals surface area contributed by atoms with Gasteiger partial charge in [0.2, 0.25) is 0 Å². The number of rotatable bonds is 4. The fourth-order valence-corrected chi connectivity index (χ4v) is 1.88. The predicted octanol–water partition coefficient (Wildman–Crippen LogP) is 1.94. The van der Waals surface area contributed by atoms with Gasteiger partial charge in [-0.15, -0.1) is 11.3 Å². The number of carbonyl (C=O) groups is 1. The Bertz CT molecular complexity index is 499. The van der Waals surface area contributed by atoms with E-state index in [1.807, 2.05) is 5.38 Å². The molecule has 2 aromatic heterocycles. The molecule has 1 N–H and O–H groups in total. The summed E-state index contributed by atoms with van der Waals surface area (Å²) in [5.41, 5.74) is 0.423. The fraction of sp³-hybridized carbons (Fsp3) is 0.182. The first-order valence-electron chi connectivity index (χ1n) is 4.97. The van der Waals surface area contributed by atoms with Crippen molar-refractivity contribution < 1.29 is 9.53 Å². The van der Waals surface area contributed by atoms with E-state index >= 15 is 0 Å². The van der Waals surface area contributed by atoms with Crippen molar-refractivity contribution in [2.24, 2.45) is 0 Å². The molecule has 0 fully saturated rings. The van der Waals surface area contributed by atoms with Crippen LogP contribution in [-0.4, -0.2) is 23.0 Å². The van der Waals surface area contributed by atoms with Crippen LogP contribution in [0.5, 0.6) is 0 Å². The van der Waals surface area contributed by atoms with Crippen LogP contribution in [0.2, 0.25) is 0 Å². The third kappa shape index (κ3) is 2.79. The Morgan fingerprint density at radius 3 is 3.06 bits per heavy atom. The Hall–Kier alpha value is -1.95. The molecular weight excluding hydrogens is 238 g/mol. The molecule has 0 aliphatic heterocycles. The van der Waals surface area contributed by atoms with Gasteiger partial charge in [0.25, 0.3) is 0 Å². The van der Waals surface area contributed by atoms with E-state index in [1.165, 1.54) is 7.11 Å². The average molecular weight is 249 g/mol. The van der Waals surface area contributed by atoms with Gasteiger partial charge in [-0.25, -0.2) is 14.8 Å². The number of pyridine rings is 1. The third-order valence-electron chi connectivity index (χ3n) is 2.10. The zero-order valence-corrected chi connectivity index (χ0v) is 10.0. The molecule has 0 unspecified atom stereocenters. The van der Waals surface area contributed by atoms with E-state index in [0.717, 1.165) is 5.01 Å². The van der Waals surface area contributed by atoms with E-state index in [2.05, 4.69) is 20.0 Å². The average Bonchev–Trinajstić information content (AvgIpc) is 2.89. The molecule has 0 saturated heterocycles. The predicted molar refractivity (Wildman–Crippen MR) is 65.0 cm³/mol. The highest BCUT2D eigenvalue weighted by atomic mass is 32.1. The van der Waals surface area contributed by atoms with Crippen LogP contribution in [0.15, 0.2) is 29.9 Å². The highest BCUT2D eigenvalue weighted by Crippen LogP contribution is 2.14. The van der Waals surface area contributed by atoms with Crippen molar-refractivity contribution >= 4 is 23.1 Å². The van der Waals surface area contributed by atoms with Gasteiger partial charge in [-0.2, -0.15) is 0 Å². The van der Waals surface area contributed by atoms with E-state index in [1.54, 1.807) is 35.9 Å². The van der Waals surface area contributed by atoms with Gasteiger partial charge >= 0.3 is 5.97 Å². The molecule has 0 amide bonds. The molecule has 0 aromatic carbocycles. The van der Waals surface area contributed by atoms with Crippen LogP contribution in [0.25, 0.3) is 0 Å². The smallest absolute Gasteiger partial charge is 0.341 e. The second kappa shape index (κ2) is 5.40. The summed E-state index contributed by atoms with van der Waals surface area (Å²) in [4.78, 5) is 19.7. The van der Waals surface area contributed by atoms with Gasteiger partial charge in [0.15, 0.2) is 0 Å². The second-order valence-corrected chi connectivity index (χ2v) is 4.15. The Morgan fingerprint density at radius 1 is 1.47 bits per heavy atom. The molecular formula is C11H11N3O2S. The minimum Gasteiger partial charge on any atom is -0.465 e. The van der Waals surface area contributed by atoms with Crippen molar-refractivity contribution in [1.29, 1.82) is 0 Å². The van der Waals surface area contributed by atoms with Crippen LogP contribution in [0, 0.1) is 0 Å². The molecule has 6 heteroatoms. The fourth-order valence-electron chi connectivity index (χ4n) is 1.32. The highest BCUT2D eigenvalue weighted by molar-refractivity contribution is 7.09. The molecule has 2 aromatic rings. The normalized spacial score (nSPS) is 9.94. The minimum absolute atomic E-state index is 0.403. The topological polar surface area (TPSA) is 64.1 Å². The van der Waals surface area contributed by atoms with Gasteiger partial charge in [0.05, 0.1) is 13.7 Å². The number of nitrogens with zero attached hydrogens (tertiary/aromatic N) is 2.